The number of aromatic nitrogens is 1. The lowest BCUT2D eigenvalue weighted by molar-refractivity contribution is -0.0497. The predicted molar refractivity (Wildman–Crippen MR) is 83.2 cm³/mol. The van der Waals surface area contributed by atoms with Gasteiger partial charge in [0.25, 0.3) is 0 Å². The van der Waals surface area contributed by atoms with Gasteiger partial charge in [0.15, 0.2) is 0 Å². The fourth-order valence-electron chi connectivity index (χ4n) is 2.63. The van der Waals surface area contributed by atoms with E-state index in [4.69, 9.17) is 0 Å². The number of ether oxygens (including phenoxy) is 1. The highest BCUT2D eigenvalue weighted by molar-refractivity contribution is 7.85. The Bertz CT molecular complexity index is 714. The van der Waals surface area contributed by atoms with Crippen LogP contribution in [0.4, 0.5) is 14.5 Å². The Balaban J connectivity index is 2.04. The predicted octanol–water partition coefficient (Wildman–Crippen LogP) is 2.71. The molecule has 7 heteroatoms. The van der Waals surface area contributed by atoms with Crippen molar-refractivity contribution >= 4 is 27.4 Å². The largest absolute Gasteiger partial charge is 0.435 e. The number of benzene rings is 1. The fourth-order valence-corrected chi connectivity index (χ4v) is 3.68. The van der Waals surface area contributed by atoms with E-state index in [-0.39, 0.29) is 5.75 Å². The molecule has 4 nitrogen and oxygen atoms in total. The van der Waals surface area contributed by atoms with Gasteiger partial charge in [-0.2, -0.15) is 8.78 Å². The second-order valence-electron chi connectivity index (χ2n) is 5.18. The fraction of sp³-hybridized carbons (Fsp3) is 0.400. The molecule has 1 aliphatic rings. The minimum atomic E-state index is -2.85. The van der Waals surface area contributed by atoms with E-state index >= 15 is 0 Å². The van der Waals surface area contributed by atoms with Gasteiger partial charge in [-0.1, -0.05) is 0 Å². The summed E-state index contributed by atoms with van der Waals surface area (Å²) in [7, 11) is -0.767. The molecule has 118 valence electrons. The van der Waals surface area contributed by atoms with Crippen LogP contribution in [0.5, 0.6) is 5.75 Å². The van der Waals surface area contributed by atoms with Crippen LogP contribution in [0.3, 0.4) is 0 Å². The van der Waals surface area contributed by atoms with Gasteiger partial charge in [-0.05, 0) is 31.2 Å². The van der Waals surface area contributed by atoms with E-state index in [1.165, 1.54) is 6.07 Å². The van der Waals surface area contributed by atoms with Gasteiger partial charge in [-0.15, -0.1) is 0 Å². The van der Waals surface area contributed by atoms with E-state index in [2.05, 4.69) is 14.6 Å². The Labute approximate surface area is 129 Å². The van der Waals surface area contributed by atoms with Crippen LogP contribution in [-0.2, 0) is 10.8 Å². The first kappa shape index (κ1) is 15.1. The molecule has 1 saturated heterocycles. The zero-order valence-electron chi connectivity index (χ0n) is 12.1. The molecule has 22 heavy (non-hydrogen) atoms. The maximum atomic E-state index is 12.4. The first-order valence-electron chi connectivity index (χ1n) is 6.99. The number of anilines is 1. The molecule has 0 aliphatic carbocycles. The molecule has 0 bridgehead atoms. The zero-order valence-corrected chi connectivity index (χ0v) is 12.9. The summed E-state index contributed by atoms with van der Waals surface area (Å²) in [4.78, 5) is 6.57. The summed E-state index contributed by atoms with van der Waals surface area (Å²) in [6.45, 7) is 0.418. The van der Waals surface area contributed by atoms with E-state index in [1.807, 2.05) is 13.0 Å². The molecule has 0 spiro atoms. The van der Waals surface area contributed by atoms with Crippen LogP contribution in [0.2, 0.25) is 0 Å². The third-order valence-corrected chi connectivity index (χ3v) is 4.91. The smallest absolute Gasteiger partial charge is 0.387 e. The molecule has 0 amide bonds. The van der Waals surface area contributed by atoms with Crippen LogP contribution in [0.15, 0.2) is 24.3 Å². The van der Waals surface area contributed by atoms with Gasteiger partial charge in [0, 0.05) is 52.2 Å². The average molecular weight is 326 g/mol. The quantitative estimate of drug-likeness (QED) is 0.870. The average Bonchev–Trinajstić information content (AvgIpc) is 2.47. The van der Waals surface area contributed by atoms with Gasteiger partial charge >= 0.3 is 6.61 Å². The van der Waals surface area contributed by atoms with Crippen LogP contribution in [0.1, 0.15) is 5.69 Å². The second-order valence-corrected chi connectivity index (χ2v) is 6.87. The highest BCUT2D eigenvalue weighted by Gasteiger charge is 2.19. The number of hydrogen-bond acceptors (Lipinski definition) is 4. The summed E-state index contributed by atoms with van der Waals surface area (Å²) in [5, 5.41) is 0.774. The monoisotopic (exact) mass is 326 g/mol. The van der Waals surface area contributed by atoms with E-state index in [0.717, 1.165) is 22.3 Å². The molecule has 0 unspecified atom stereocenters. The van der Waals surface area contributed by atoms with Gasteiger partial charge < -0.3 is 9.64 Å². The number of hydrogen-bond donors (Lipinski definition) is 0. The van der Waals surface area contributed by atoms with Crippen molar-refractivity contribution < 1.29 is 17.7 Å². The first-order valence-corrected chi connectivity index (χ1v) is 8.48. The van der Waals surface area contributed by atoms with Gasteiger partial charge in [0.2, 0.25) is 0 Å². The lowest BCUT2D eigenvalue weighted by atomic mass is 10.1. The molecular formula is C15H16F2N2O2S. The summed E-state index contributed by atoms with van der Waals surface area (Å²) in [5.41, 5.74) is 2.53. The number of pyridine rings is 1. The Morgan fingerprint density at radius 2 is 2.00 bits per heavy atom. The third-order valence-electron chi connectivity index (χ3n) is 3.63. The minimum Gasteiger partial charge on any atom is -0.435 e. The SMILES string of the molecule is Cc1cc(N2CCS(=O)CC2)c2cc(OC(F)F)ccc2n1. The summed E-state index contributed by atoms with van der Waals surface area (Å²) >= 11 is 0. The lowest BCUT2D eigenvalue weighted by Gasteiger charge is -2.29. The van der Waals surface area contributed by atoms with Crippen LogP contribution in [0, 0.1) is 6.92 Å². The summed E-state index contributed by atoms with van der Waals surface area (Å²) in [6, 6.07) is 6.71. The number of alkyl halides is 2. The lowest BCUT2D eigenvalue weighted by Crippen LogP contribution is -2.37. The highest BCUT2D eigenvalue weighted by Crippen LogP contribution is 2.31. The number of rotatable bonds is 3. The maximum Gasteiger partial charge on any atom is 0.387 e. The molecule has 0 saturated carbocycles. The molecule has 0 radical (unpaired) electrons. The molecule has 2 aromatic rings. The summed E-state index contributed by atoms with van der Waals surface area (Å²) < 4.78 is 40.8. The first-order chi connectivity index (χ1) is 10.5. The van der Waals surface area contributed by atoms with Crippen LogP contribution < -0.4 is 9.64 Å². The third kappa shape index (κ3) is 3.19. The number of nitrogens with zero attached hydrogens (tertiary/aromatic N) is 2. The zero-order chi connectivity index (χ0) is 15.7. The molecule has 1 aromatic carbocycles. The van der Waals surface area contributed by atoms with Crippen LogP contribution in [0.25, 0.3) is 10.9 Å². The highest BCUT2D eigenvalue weighted by atomic mass is 32.2. The van der Waals surface area contributed by atoms with Crippen molar-refractivity contribution in [3.8, 4) is 5.75 Å². The molecular weight excluding hydrogens is 310 g/mol. The Hall–Kier alpha value is -1.76. The second kappa shape index (κ2) is 6.16. The molecule has 0 N–H and O–H groups in total. The van der Waals surface area contributed by atoms with E-state index < -0.39 is 17.4 Å². The van der Waals surface area contributed by atoms with Crippen molar-refractivity contribution in [2.24, 2.45) is 0 Å². The Kier molecular flexibility index (Phi) is 4.24. The molecule has 1 aromatic heterocycles. The Morgan fingerprint density at radius 3 is 2.68 bits per heavy atom. The van der Waals surface area contributed by atoms with Crippen molar-refractivity contribution in [1.82, 2.24) is 4.98 Å². The van der Waals surface area contributed by atoms with E-state index in [1.54, 1.807) is 12.1 Å². The molecule has 1 fully saturated rings. The van der Waals surface area contributed by atoms with Gasteiger partial charge in [0.1, 0.15) is 5.75 Å². The molecule has 1 aliphatic heterocycles. The number of fused-ring (bicyclic) bond motifs is 1. The Morgan fingerprint density at radius 1 is 1.27 bits per heavy atom. The van der Waals surface area contributed by atoms with Crippen LogP contribution in [-0.4, -0.2) is 40.4 Å². The molecule has 3 rings (SSSR count). The summed E-state index contributed by atoms with van der Waals surface area (Å²) in [6.07, 6.45) is 0. The van der Waals surface area contributed by atoms with Crippen molar-refractivity contribution in [3.05, 3.63) is 30.0 Å². The standard InChI is InChI=1S/C15H16F2N2O2S/c1-10-8-14(19-4-6-22(20)7-5-19)12-9-11(21-15(16)17)2-3-13(12)18-10/h2-3,8-9,15H,4-7H2,1H3. The van der Waals surface area contributed by atoms with E-state index in [0.29, 0.717) is 24.6 Å². The van der Waals surface area contributed by atoms with E-state index in [9.17, 15) is 13.0 Å². The number of halogens is 2. The van der Waals surface area contributed by atoms with Crippen molar-refractivity contribution in [2.45, 2.75) is 13.5 Å². The van der Waals surface area contributed by atoms with Gasteiger partial charge in [0.05, 0.1) is 5.52 Å². The van der Waals surface area contributed by atoms with Crippen molar-refractivity contribution in [2.75, 3.05) is 29.5 Å². The van der Waals surface area contributed by atoms with Gasteiger partial charge in [-0.3, -0.25) is 9.19 Å². The van der Waals surface area contributed by atoms with Crippen molar-refractivity contribution in [3.63, 3.8) is 0 Å². The maximum absolute atomic E-state index is 12.4. The molecule has 0 atom stereocenters. The van der Waals surface area contributed by atoms with Crippen LogP contribution >= 0.6 is 0 Å². The van der Waals surface area contributed by atoms with Crippen molar-refractivity contribution in [1.29, 1.82) is 0 Å². The summed E-state index contributed by atoms with van der Waals surface area (Å²) in [5.74, 6) is 1.36. The topological polar surface area (TPSA) is 42.4 Å². The van der Waals surface area contributed by atoms with Gasteiger partial charge in [-0.25, -0.2) is 0 Å². The minimum absolute atomic E-state index is 0.120. The number of aryl methyl sites for hydroxylation is 1. The molecule has 2 heterocycles. The normalized spacial score (nSPS) is 16.5.